The number of nitrogens with zero attached hydrogens (tertiary/aromatic N) is 1. The first kappa shape index (κ1) is 22.5. The van der Waals surface area contributed by atoms with E-state index in [9.17, 15) is 22.8 Å². The van der Waals surface area contributed by atoms with Crippen LogP contribution in [0, 0.1) is 0 Å². The van der Waals surface area contributed by atoms with Crippen molar-refractivity contribution in [3.8, 4) is 0 Å². The van der Waals surface area contributed by atoms with E-state index in [4.69, 9.17) is 4.74 Å². The summed E-state index contributed by atoms with van der Waals surface area (Å²) in [5.74, 6) is -1.82. The molecule has 0 bridgehead atoms. The van der Waals surface area contributed by atoms with Crippen LogP contribution in [0.15, 0.2) is 0 Å². The second-order valence-electron chi connectivity index (χ2n) is 6.57. The number of nitrogens with one attached hydrogen (secondary N) is 1. The predicted octanol–water partition coefficient (Wildman–Crippen LogP) is 4.12. The molecule has 1 fully saturated rings. The van der Waals surface area contributed by atoms with Crippen LogP contribution in [0.25, 0.3) is 0 Å². The van der Waals surface area contributed by atoms with Crippen molar-refractivity contribution in [2.75, 3.05) is 7.05 Å². The lowest BCUT2D eigenvalue weighted by molar-refractivity contribution is -0.186. The molecule has 0 aromatic heterocycles. The maximum Gasteiger partial charge on any atom is 0.471 e. The fourth-order valence-corrected chi connectivity index (χ4v) is 2.45. The van der Waals surface area contributed by atoms with E-state index in [1.54, 1.807) is 20.8 Å². The maximum atomic E-state index is 12.4. The van der Waals surface area contributed by atoms with Crippen LogP contribution in [0.2, 0.25) is 0 Å². The van der Waals surface area contributed by atoms with E-state index in [2.05, 4.69) is 5.32 Å². The summed E-state index contributed by atoms with van der Waals surface area (Å²) in [6.45, 7) is 9.25. The van der Waals surface area contributed by atoms with Gasteiger partial charge < -0.3 is 15.0 Å². The third kappa shape index (κ3) is 7.88. The fraction of sp³-hybridized carbons (Fsp3) is 0.875. The van der Waals surface area contributed by atoms with Crippen LogP contribution in [0.3, 0.4) is 0 Å². The minimum Gasteiger partial charge on any atom is -0.444 e. The van der Waals surface area contributed by atoms with Crippen LogP contribution >= 0.6 is 0 Å². The molecule has 0 spiro atoms. The molecular weight excluding hydrogens is 325 g/mol. The van der Waals surface area contributed by atoms with Gasteiger partial charge in [0.25, 0.3) is 0 Å². The molecule has 24 heavy (non-hydrogen) atoms. The highest BCUT2D eigenvalue weighted by atomic mass is 19.4. The van der Waals surface area contributed by atoms with Gasteiger partial charge in [-0.2, -0.15) is 13.2 Å². The van der Waals surface area contributed by atoms with E-state index in [0.717, 1.165) is 4.90 Å². The van der Waals surface area contributed by atoms with Gasteiger partial charge in [-0.15, -0.1) is 0 Å². The largest absolute Gasteiger partial charge is 0.471 e. The lowest BCUT2D eigenvalue weighted by atomic mass is 9.90. The molecule has 1 aliphatic carbocycles. The van der Waals surface area contributed by atoms with E-state index < -0.39 is 29.8 Å². The smallest absolute Gasteiger partial charge is 0.444 e. The summed E-state index contributed by atoms with van der Waals surface area (Å²) in [6.07, 6.45) is -3.52. The zero-order valence-corrected chi connectivity index (χ0v) is 15.3. The first-order valence-corrected chi connectivity index (χ1v) is 8.23. The van der Waals surface area contributed by atoms with Gasteiger partial charge in [-0.3, -0.25) is 4.79 Å². The molecule has 1 N–H and O–H groups in total. The summed E-state index contributed by atoms with van der Waals surface area (Å²) in [7, 11) is 1.17. The molecule has 0 aromatic carbocycles. The molecule has 0 radical (unpaired) electrons. The Morgan fingerprint density at radius 1 is 1.08 bits per heavy atom. The summed E-state index contributed by atoms with van der Waals surface area (Å²) < 4.78 is 42.3. The second kappa shape index (κ2) is 9.13. The molecule has 2 amide bonds. The Morgan fingerprint density at radius 2 is 1.54 bits per heavy atom. The van der Waals surface area contributed by atoms with Crippen molar-refractivity contribution in [2.45, 2.75) is 84.2 Å². The van der Waals surface area contributed by atoms with Gasteiger partial charge in [-0.25, -0.2) is 4.79 Å². The Hall–Kier alpha value is -1.47. The number of hydrogen-bond donors (Lipinski definition) is 1. The molecule has 0 heterocycles. The van der Waals surface area contributed by atoms with Crippen LogP contribution in [-0.4, -0.2) is 47.8 Å². The first-order valence-electron chi connectivity index (χ1n) is 8.23. The van der Waals surface area contributed by atoms with Crippen LogP contribution in [-0.2, 0) is 9.53 Å². The van der Waals surface area contributed by atoms with Crippen molar-refractivity contribution >= 4 is 12.0 Å². The minimum atomic E-state index is -4.85. The van der Waals surface area contributed by atoms with E-state index >= 15 is 0 Å². The number of carbonyl (C=O) groups is 2. The Morgan fingerprint density at radius 3 is 1.92 bits per heavy atom. The molecule has 8 heteroatoms. The standard InChI is InChI=1S/C14H23F3N2O3.C2H6.H2/c1-13(2,3)22-12(21)18-9-5-7-10(8-6-9)19(4)11(20)14(15,16)17;1-2;/h9-10H,5-8H2,1-4H3,(H,18,21);1-2H3;1H. The maximum absolute atomic E-state index is 12.4. The highest BCUT2D eigenvalue weighted by Crippen LogP contribution is 2.26. The SMILES string of the molecule is CC.CN(C(=O)C(F)(F)F)C1CCC(NC(=O)OC(C)(C)C)CC1.[HH]. The summed E-state index contributed by atoms with van der Waals surface area (Å²) >= 11 is 0. The van der Waals surface area contributed by atoms with Crippen molar-refractivity contribution in [3.05, 3.63) is 0 Å². The van der Waals surface area contributed by atoms with Gasteiger partial charge in [-0.1, -0.05) is 13.8 Å². The van der Waals surface area contributed by atoms with Gasteiger partial charge in [-0.05, 0) is 46.5 Å². The number of rotatable bonds is 2. The summed E-state index contributed by atoms with van der Waals surface area (Å²) in [5, 5.41) is 2.71. The lowest BCUT2D eigenvalue weighted by Crippen LogP contribution is -2.48. The number of hydrogen-bond acceptors (Lipinski definition) is 3. The molecule has 5 nitrogen and oxygen atoms in total. The van der Waals surface area contributed by atoms with Crippen LogP contribution < -0.4 is 5.32 Å². The normalized spacial score (nSPS) is 21.2. The Labute approximate surface area is 143 Å². The minimum absolute atomic E-state index is 0. The van der Waals surface area contributed by atoms with Crippen molar-refractivity contribution in [1.29, 1.82) is 0 Å². The Bertz CT molecular complexity index is 418. The van der Waals surface area contributed by atoms with Gasteiger partial charge in [0.05, 0.1) is 0 Å². The number of amides is 2. The topological polar surface area (TPSA) is 58.6 Å². The van der Waals surface area contributed by atoms with Gasteiger partial charge in [0.15, 0.2) is 0 Å². The van der Waals surface area contributed by atoms with Crippen molar-refractivity contribution in [2.24, 2.45) is 0 Å². The van der Waals surface area contributed by atoms with Crippen molar-refractivity contribution in [1.82, 2.24) is 10.2 Å². The molecule has 0 aromatic rings. The number of alkyl halides is 3. The van der Waals surface area contributed by atoms with Crippen molar-refractivity contribution < 1.29 is 28.9 Å². The molecule has 0 unspecified atom stereocenters. The molecule has 0 atom stereocenters. The molecule has 0 saturated heterocycles. The fourth-order valence-electron chi connectivity index (χ4n) is 2.45. The molecular formula is C16H31F3N2O3. The number of ether oxygens (including phenoxy) is 1. The van der Waals surface area contributed by atoms with Crippen LogP contribution in [0.4, 0.5) is 18.0 Å². The van der Waals surface area contributed by atoms with Crippen LogP contribution in [0.1, 0.15) is 61.7 Å². The zero-order chi connectivity index (χ0) is 19.1. The number of halogens is 3. The summed E-state index contributed by atoms with van der Waals surface area (Å²) in [6, 6.07) is -0.591. The van der Waals surface area contributed by atoms with E-state index in [-0.39, 0.29) is 7.47 Å². The molecule has 144 valence electrons. The predicted molar refractivity (Wildman–Crippen MR) is 87.7 cm³/mol. The third-order valence-electron chi connectivity index (χ3n) is 3.53. The van der Waals surface area contributed by atoms with E-state index in [1.807, 2.05) is 13.8 Å². The molecule has 1 rings (SSSR count). The number of carbonyl (C=O) groups excluding carboxylic acids is 2. The van der Waals surface area contributed by atoms with Gasteiger partial charge in [0, 0.05) is 20.6 Å². The van der Waals surface area contributed by atoms with Gasteiger partial charge in [0.1, 0.15) is 5.60 Å². The van der Waals surface area contributed by atoms with Gasteiger partial charge >= 0.3 is 18.2 Å². The summed E-state index contributed by atoms with van der Waals surface area (Å²) in [4.78, 5) is 23.6. The second-order valence-corrected chi connectivity index (χ2v) is 6.57. The first-order chi connectivity index (χ1) is 10.9. The monoisotopic (exact) mass is 356 g/mol. The number of alkyl carbamates (subject to hydrolysis) is 1. The lowest BCUT2D eigenvalue weighted by Gasteiger charge is -2.35. The molecule has 1 saturated carbocycles. The highest BCUT2D eigenvalue weighted by molar-refractivity contribution is 5.81. The quantitative estimate of drug-likeness (QED) is 0.810. The molecule has 0 aliphatic heterocycles. The van der Waals surface area contributed by atoms with Gasteiger partial charge in [0.2, 0.25) is 0 Å². The highest BCUT2D eigenvalue weighted by Gasteiger charge is 2.43. The molecule has 1 aliphatic rings. The van der Waals surface area contributed by atoms with E-state index in [0.29, 0.717) is 25.7 Å². The Balaban J connectivity index is 0. The average Bonchev–Trinajstić information content (AvgIpc) is 2.45. The van der Waals surface area contributed by atoms with E-state index in [1.165, 1.54) is 7.05 Å². The Kier molecular flexibility index (Phi) is 8.57. The zero-order valence-electron chi connectivity index (χ0n) is 15.3. The average molecular weight is 356 g/mol. The third-order valence-corrected chi connectivity index (χ3v) is 3.53. The van der Waals surface area contributed by atoms with Crippen LogP contribution in [0.5, 0.6) is 0 Å². The summed E-state index contributed by atoms with van der Waals surface area (Å²) in [5.41, 5.74) is -0.597. The van der Waals surface area contributed by atoms with Crippen molar-refractivity contribution in [3.63, 3.8) is 0 Å².